The zero-order valence-corrected chi connectivity index (χ0v) is 14.6. The predicted octanol–water partition coefficient (Wildman–Crippen LogP) is 4.25. The molecule has 0 saturated carbocycles. The molecular formula is C16H18BrNO4. The summed E-state index contributed by atoms with van der Waals surface area (Å²) in [6, 6.07) is 5.58. The van der Waals surface area contributed by atoms with Gasteiger partial charge in [-0.15, -0.1) is 0 Å². The minimum absolute atomic E-state index is 0.114. The number of hydrogen-bond acceptors (Lipinski definition) is 4. The Bertz CT molecular complexity index is 728. The number of hydrogen-bond donors (Lipinski definition) is 0. The van der Waals surface area contributed by atoms with Gasteiger partial charge in [-0.1, -0.05) is 22.0 Å². The Labute approximate surface area is 137 Å². The summed E-state index contributed by atoms with van der Waals surface area (Å²) in [5, 5.41) is 0.843. The van der Waals surface area contributed by atoms with Gasteiger partial charge in [0.25, 0.3) is 0 Å². The standard InChI is InChI=1S/C16H18BrNO4/c1-10(19)21-9-11-8-18(15(20)22-16(2,3)4)14-7-12(17)5-6-13(11)14/h5-8H,9H2,1-4H3. The van der Waals surface area contributed by atoms with Crippen LogP contribution in [0.25, 0.3) is 10.9 Å². The molecule has 118 valence electrons. The monoisotopic (exact) mass is 367 g/mol. The van der Waals surface area contributed by atoms with Crippen molar-refractivity contribution in [3.05, 3.63) is 34.4 Å². The summed E-state index contributed by atoms with van der Waals surface area (Å²) in [5.41, 5.74) is 0.866. The van der Waals surface area contributed by atoms with E-state index in [0.29, 0.717) is 5.52 Å². The van der Waals surface area contributed by atoms with Gasteiger partial charge in [0, 0.05) is 28.5 Å². The Kier molecular flexibility index (Phi) is 4.60. The van der Waals surface area contributed by atoms with E-state index in [1.165, 1.54) is 11.5 Å². The van der Waals surface area contributed by atoms with Crippen LogP contribution >= 0.6 is 15.9 Å². The first-order valence-corrected chi connectivity index (χ1v) is 7.63. The second-order valence-electron chi connectivity index (χ2n) is 5.95. The van der Waals surface area contributed by atoms with E-state index >= 15 is 0 Å². The van der Waals surface area contributed by atoms with Crippen molar-refractivity contribution < 1.29 is 19.1 Å². The van der Waals surface area contributed by atoms with Crippen LogP contribution in [-0.2, 0) is 20.9 Å². The van der Waals surface area contributed by atoms with Crippen molar-refractivity contribution in [2.45, 2.75) is 39.9 Å². The molecular weight excluding hydrogens is 350 g/mol. The van der Waals surface area contributed by atoms with Gasteiger partial charge in [0.05, 0.1) is 5.52 Å². The van der Waals surface area contributed by atoms with E-state index in [1.807, 2.05) is 39.0 Å². The first-order valence-electron chi connectivity index (χ1n) is 6.83. The lowest BCUT2D eigenvalue weighted by Gasteiger charge is -2.19. The first-order chi connectivity index (χ1) is 10.2. The number of esters is 1. The van der Waals surface area contributed by atoms with Gasteiger partial charge in [-0.2, -0.15) is 0 Å². The van der Waals surface area contributed by atoms with Crippen LogP contribution in [0.15, 0.2) is 28.9 Å². The molecule has 0 aliphatic carbocycles. The van der Waals surface area contributed by atoms with Gasteiger partial charge in [-0.3, -0.25) is 9.36 Å². The fourth-order valence-corrected chi connectivity index (χ4v) is 2.38. The van der Waals surface area contributed by atoms with Gasteiger partial charge in [-0.25, -0.2) is 4.79 Å². The smallest absolute Gasteiger partial charge is 0.419 e. The second-order valence-corrected chi connectivity index (χ2v) is 6.86. The van der Waals surface area contributed by atoms with Crippen molar-refractivity contribution in [1.82, 2.24) is 4.57 Å². The number of rotatable bonds is 2. The zero-order chi connectivity index (χ0) is 16.5. The Hall–Kier alpha value is -1.82. The Morgan fingerprint density at radius 2 is 1.95 bits per heavy atom. The lowest BCUT2D eigenvalue weighted by molar-refractivity contribution is -0.142. The number of carbonyl (C=O) groups excluding carboxylic acids is 2. The molecule has 0 radical (unpaired) electrons. The van der Waals surface area contributed by atoms with Gasteiger partial charge in [0.2, 0.25) is 0 Å². The van der Waals surface area contributed by atoms with Crippen molar-refractivity contribution in [3.8, 4) is 0 Å². The van der Waals surface area contributed by atoms with Crippen molar-refractivity contribution >= 4 is 38.9 Å². The van der Waals surface area contributed by atoms with Crippen LogP contribution in [0.3, 0.4) is 0 Å². The van der Waals surface area contributed by atoms with E-state index in [0.717, 1.165) is 15.4 Å². The van der Waals surface area contributed by atoms with Gasteiger partial charge in [0.1, 0.15) is 12.2 Å². The van der Waals surface area contributed by atoms with E-state index < -0.39 is 11.7 Å². The second kappa shape index (κ2) is 6.12. The summed E-state index contributed by atoms with van der Waals surface area (Å²) in [4.78, 5) is 23.4. The van der Waals surface area contributed by atoms with Crippen molar-refractivity contribution in [2.75, 3.05) is 0 Å². The number of ether oxygens (including phenoxy) is 2. The maximum atomic E-state index is 12.4. The normalized spacial score (nSPS) is 11.5. The van der Waals surface area contributed by atoms with E-state index in [-0.39, 0.29) is 12.6 Å². The number of nitrogens with zero attached hydrogens (tertiary/aromatic N) is 1. The molecule has 0 amide bonds. The molecule has 0 bridgehead atoms. The molecule has 22 heavy (non-hydrogen) atoms. The molecule has 0 fully saturated rings. The summed E-state index contributed by atoms with van der Waals surface area (Å²) in [6.45, 7) is 6.90. The van der Waals surface area contributed by atoms with Gasteiger partial charge in [0.15, 0.2) is 0 Å². The summed E-state index contributed by atoms with van der Waals surface area (Å²) in [6.07, 6.45) is 1.18. The molecule has 1 aromatic carbocycles. The number of aromatic nitrogens is 1. The zero-order valence-electron chi connectivity index (χ0n) is 13.0. The molecule has 0 unspecified atom stereocenters. The maximum absolute atomic E-state index is 12.4. The highest BCUT2D eigenvalue weighted by atomic mass is 79.9. The molecule has 2 aromatic rings. The van der Waals surface area contributed by atoms with E-state index in [1.54, 1.807) is 6.20 Å². The number of benzene rings is 1. The highest BCUT2D eigenvalue weighted by Gasteiger charge is 2.21. The largest absolute Gasteiger partial charge is 0.461 e. The number of fused-ring (bicyclic) bond motifs is 1. The summed E-state index contributed by atoms with van der Waals surface area (Å²) < 4.78 is 12.7. The fourth-order valence-electron chi connectivity index (χ4n) is 2.03. The highest BCUT2D eigenvalue weighted by Crippen LogP contribution is 2.26. The highest BCUT2D eigenvalue weighted by molar-refractivity contribution is 9.10. The predicted molar refractivity (Wildman–Crippen MR) is 86.7 cm³/mol. The van der Waals surface area contributed by atoms with Gasteiger partial charge >= 0.3 is 12.1 Å². The molecule has 1 aromatic heterocycles. The quantitative estimate of drug-likeness (QED) is 0.744. The molecule has 0 aliphatic heterocycles. The van der Waals surface area contributed by atoms with E-state index in [4.69, 9.17) is 9.47 Å². The molecule has 0 saturated heterocycles. The first kappa shape index (κ1) is 16.5. The minimum atomic E-state index is -0.588. The SMILES string of the molecule is CC(=O)OCc1cn(C(=O)OC(C)(C)C)c2cc(Br)ccc12. The van der Waals surface area contributed by atoms with Crippen molar-refractivity contribution in [2.24, 2.45) is 0 Å². The topological polar surface area (TPSA) is 57.5 Å². The van der Waals surface area contributed by atoms with Crippen LogP contribution < -0.4 is 0 Å². The van der Waals surface area contributed by atoms with Crippen molar-refractivity contribution in [1.29, 1.82) is 0 Å². The molecule has 0 atom stereocenters. The van der Waals surface area contributed by atoms with Crippen molar-refractivity contribution in [3.63, 3.8) is 0 Å². The summed E-state index contributed by atoms with van der Waals surface area (Å²) in [7, 11) is 0. The molecule has 0 N–H and O–H groups in total. The average Bonchev–Trinajstić information content (AvgIpc) is 2.72. The Balaban J connectivity index is 2.46. The number of carbonyl (C=O) groups is 2. The van der Waals surface area contributed by atoms with E-state index in [2.05, 4.69) is 15.9 Å². The third-order valence-electron chi connectivity index (χ3n) is 2.87. The number of halogens is 1. The molecule has 1 heterocycles. The molecule has 0 aliphatic rings. The Morgan fingerprint density at radius 1 is 1.27 bits per heavy atom. The molecule has 0 spiro atoms. The van der Waals surface area contributed by atoms with Crippen LogP contribution in [0.5, 0.6) is 0 Å². The lowest BCUT2D eigenvalue weighted by atomic mass is 10.2. The lowest BCUT2D eigenvalue weighted by Crippen LogP contribution is -2.26. The van der Waals surface area contributed by atoms with Crippen LogP contribution in [-0.4, -0.2) is 22.2 Å². The van der Waals surface area contributed by atoms with Crippen LogP contribution in [0.4, 0.5) is 4.79 Å². The average molecular weight is 368 g/mol. The molecule has 5 nitrogen and oxygen atoms in total. The fraction of sp³-hybridized carbons (Fsp3) is 0.375. The van der Waals surface area contributed by atoms with E-state index in [9.17, 15) is 9.59 Å². The summed E-state index contributed by atoms with van der Waals surface area (Å²) in [5.74, 6) is -0.365. The van der Waals surface area contributed by atoms with Gasteiger partial charge in [-0.05, 0) is 32.9 Å². The van der Waals surface area contributed by atoms with Crippen LogP contribution in [0.2, 0.25) is 0 Å². The Morgan fingerprint density at radius 3 is 2.55 bits per heavy atom. The minimum Gasteiger partial charge on any atom is -0.461 e. The van der Waals surface area contributed by atoms with Crippen LogP contribution in [0, 0.1) is 0 Å². The molecule has 2 rings (SSSR count). The third kappa shape index (κ3) is 3.88. The van der Waals surface area contributed by atoms with Crippen LogP contribution in [0.1, 0.15) is 33.3 Å². The molecule has 6 heteroatoms. The maximum Gasteiger partial charge on any atom is 0.419 e. The summed E-state index contributed by atoms with van der Waals surface area (Å²) >= 11 is 3.40. The van der Waals surface area contributed by atoms with Gasteiger partial charge < -0.3 is 9.47 Å². The third-order valence-corrected chi connectivity index (χ3v) is 3.36.